The average Bonchev–Trinajstić information content (AvgIpc) is 3.27. The Hall–Kier alpha value is -2.82. The number of thiazole rings is 1. The highest BCUT2D eigenvalue weighted by molar-refractivity contribution is 7.18. The summed E-state index contributed by atoms with van der Waals surface area (Å²) in [6.07, 6.45) is -2.71. The van der Waals surface area contributed by atoms with Gasteiger partial charge in [0.15, 0.2) is 15.7 Å². The second kappa shape index (κ2) is 9.91. The van der Waals surface area contributed by atoms with Gasteiger partial charge >= 0.3 is 0 Å². The minimum atomic E-state index is -2.71. The van der Waals surface area contributed by atoms with Crippen LogP contribution in [-0.4, -0.2) is 45.0 Å². The lowest BCUT2D eigenvalue weighted by Crippen LogP contribution is -2.57. The maximum Gasteiger partial charge on any atom is 0.289 e. The predicted octanol–water partition coefficient (Wildman–Crippen LogP) is 6.64. The van der Waals surface area contributed by atoms with Crippen molar-refractivity contribution in [3.8, 4) is 0 Å². The Morgan fingerprint density at radius 1 is 0.861 bits per heavy atom. The molecule has 5 nitrogen and oxygen atoms in total. The highest BCUT2D eigenvalue weighted by atomic mass is 35.5. The van der Waals surface area contributed by atoms with Crippen LogP contribution in [0.2, 0.25) is 5.28 Å². The molecule has 36 heavy (non-hydrogen) atoms. The molecule has 1 saturated heterocycles. The van der Waals surface area contributed by atoms with E-state index in [0.717, 1.165) is 22.5 Å². The first-order valence-corrected chi connectivity index (χ1v) is 12.6. The summed E-state index contributed by atoms with van der Waals surface area (Å²) in [5, 5.41) is -0.352. The van der Waals surface area contributed by atoms with Crippen LogP contribution in [0.5, 0.6) is 0 Å². The molecule has 1 aliphatic rings. The van der Waals surface area contributed by atoms with Crippen molar-refractivity contribution in [3.63, 3.8) is 0 Å². The summed E-state index contributed by atoms with van der Waals surface area (Å²) >= 11 is 6.96. The first kappa shape index (κ1) is 24.9. The number of nitrogens with zero attached hydrogens (tertiary/aromatic N) is 5. The standard InChI is InChI=1S/C25H22ClF4N5S/c1-13-12-35(22-19-23(33-25(26)32-22)36-24(31-19)21(29)30)14(2)11-34(13)20(15-3-7-17(27)8-4-15)16-5-9-18(28)10-6-16/h3-10,13-14,20-21H,11-12H2,1-2H3/t13-,14+/m1/s1. The summed E-state index contributed by atoms with van der Waals surface area (Å²) in [6.45, 7) is 5.12. The molecule has 0 saturated carbocycles. The lowest BCUT2D eigenvalue weighted by molar-refractivity contribution is 0.129. The lowest BCUT2D eigenvalue weighted by Gasteiger charge is -2.48. The third-order valence-corrected chi connectivity index (χ3v) is 7.55. The van der Waals surface area contributed by atoms with E-state index in [2.05, 4.69) is 19.9 Å². The lowest BCUT2D eigenvalue weighted by atomic mass is 9.93. The zero-order chi connectivity index (χ0) is 25.6. The van der Waals surface area contributed by atoms with Gasteiger partial charge in [0.25, 0.3) is 6.43 Å². The van der Waals surface area contributed by atoms with E-state index in [9.17, 15) is 17.6 Å². The van der Waals surface area contributed by atoms with E-state index < -0.39 is 6.43 Å². The molecule has 0 amide bonds. The fraction of sp³-hybridized carbons (Fsp3) is 0.320. The van der Waals surface area contributed by atoms with Crippen molar-refractivity contribution < 1.29 is 17.6 Å². The largest absolute Gasteiger partial charge is 0.349 e. The third kappa shape index (κ3) is 4.77. The number of benzene rings is 2. The molecular weight excluding hydrogens is 514 g/mol. The van der Waals surface area contributed by atoms with Crippen molar-refractivity contribution in [2.24, 2.45) is 0 Å². The van der Waals surface area contributed by atoms with Gasteiger partial charge in [-0.15, -0.1) is 0 Å². The van der Waals surface area contributed by atoms with Crippen molar-refractivity contribution in [2.45, 2.75) is 38.4 Å². The summed E-state index contributed by atoms with van der Waals surface area (Å²) in [5.41, 5.74) is 2.06. The topological polar surface area (TPSA) is 45.2 Å². The van der Waals surface area contributed by atoms with Gasteiger partial charge in [-0.3, -0.25) is 4.90 Å². The van der Waals surface area contributed by atoms with Gasteiger partial charge in [-0.2, -0.15) is 4.98 Å². The highest BCUT2D eigenvalue weighted by Gasteiger charge is 2.36. The maximum absolute atomic E-state index is 13.7. The second-order valence-electron chi connectivity index (χ2n) is 8.88. The zero-order valence-electron chi connectivity index (χ0n) is 19.4. The third-order valence-electron chi connectivity index (χ3n) is 6.43. The second-order valence-corrected chi connectivity index (χ2v) is 10.2. The number of anilines is 1. The van der Waals surface area contributed by atoms with Crippen LogP contribution in [0, 0.1) is 11.6 Å². The van der Waals surface area contributed by atoms with Crippen molar-refractivity contribution in [3.05, 3.63) is 81.6 Å². The van der Waals surface area contributed by atoms with Gasteiger partial charge in [0.2, 0.25) is 5.28 Å². The van der Waals surface area contributed by atoms with Gasteiger partial charge in [0.05, 0.1) is 6.04 Å². The quantitative estimate of drug-likeness (QED) is 0.212. The van der Waals surface area contributed by atoms with Crippen molar-refractivity contribution >= 4 is 39.1 Å². The Bertz CT molecular complexity index is 1320. The number of rotatable bonds is 5. The number of hydrogen-bond acceptors (Lipinski definition) is 6. The smallest absolute Gasteiger partial charge is 0.289 e. The molecular formula is C25H22ClF4N5S. The van der Waals surface area contributed by atoms with Gasteiger partial charge in [0, 0.05) is 25.2 Å². The Morgan fingerprint density at radius 3 is 2.00 bits per heavy atom. The molecule has 2 atom stereocenters. The average molecular weight is 536 g/mol. The van der Waals surface area contributed by atoms with E-state index in [1.54, 1.807) is 24.3 Å². The monoisotopic (exact) mass is 535 g/mol. The molecule has 0 spiro atoms. The van der Waals surface area contributed by atoms with Crippen LogP contribution in [0.4, 0.5) is 23.4 Å². The first-order chi connectivity index (χ1) is 17.2. The number of piperazine rings is 1. The van der Waals surface area contributed by atoms with Gasteiger partial charge in [-0.05, 0) is 60.8 Å². The number of alkyl halides is 2. The van der Waals surface area contributed by atoms with E-state index in [-0.39, 0.29) is 40.1 Å². The molecule has 188 valence electrons. The zero-order valence-corrected chi connectivity index (χ0v) is 20.9. The molecule has 4 aromatic rings. The number of hydrogen-bond donors (Lipinski definition) is 0. The number of aromatic nitrogens is 3. The van der Waals surface area contributed by atoms with Crippen LogP contribution in [0.15, 0.2) is 48.5 Å². The fourth-order valence-electron chi connectivity index (χ4n) is 4.77. The van der Waals surface area contributed by atoms with Gasteiger partial charge < -0.3 is 4.90 Å². The van der Waals surface area contributed by atoms with Crippen molar-refractivity contribution in [1.82, 2.24) is 19.9 Å². The summed E-state index contributed by atoms with van der Waals surface area (Å²) < 4.78 is 54.0. The molecule has 1 fully saturated rings. The van der Waals surface area contributed by atoms with Crippen LogP contribution in [0.1, 0.15) is 42.4 Å². The Morgan fingerprint density at radius 2 is 1.44 bits per heavy atom. The molecule has 11 heteroatoms. The van der Waals surface area contributed by atoms with E-state index >= 15 is 0 Å². The Kier molecular flexibility index (Phi) is 6.84. The van der Waals surface area contributed by atoms with Crippen LogP contribution in [-0.2, 0) is 0 Å². The van der Waals surface area contributed by atoms with Gasteiger partial charge in [-0.25, -0.2) is 27.5 Å². The molecule has 1 aliphatic heterocycles. The van der Waals surface area contributed by atoms with Crippen LogP contribution >= 0.6 is 22.9 Å². The normalized spacial score (nSPS) is 19.1. The summed E-state index contributed by atoms with van der Waals surface area (Å²) in [4.78, 5) is 17.2. The molecule has 5 rings (SSSR count). The minimum absolute atomic E-state index is 0.0280. The maximum atomic E-state index is 13.7. The fourth-order valence-corrected chi connectivity index (χ4v) is 5.77. The molecule has 0 radical (unpaired) electrons. The van der Waals surface area contributed by atoms with Crippen molar-refractivity contribution in [2.75, 3.05) is 18.0 Å². The van der Waals surface area contributed by atoms with Gasteiger partial charge in [0.1, 0.15) is 17.2 Å². The van der Waals surface area contributed by atoms with Crippen LogP contribution < -0.4 is 4.90 Å². The Labute approximate surface area is 214 Å². The molecule has 0 aliphatic carbocycles. The summed E-state index contributed by atoms with van der Waals surface area (Å²) in [7, 11) is 0. The van der Waals surface area contributed by atoms with E-state index in [0.29, 0.717) is 29.3 Å². The van der Waals surface area contributed by atoms with E-state index in [1.807, 2.05) is 18.7 Å². The predicted molar refractivity (Wildman–Crippen MR) is 133 cm³/mol. The van der Waals surface area contributed by atoms with Crippen LogP contribution in [0.3, 0.4) is 0 Å². The summed E-state index contributed by atoms with van der Waals surface area (Å²) in [6, 6.07) is 12.2. The van der Waals surface area contributed by atoms with Crippen LogP contribution in [0.25, 0.3) is 10.3 Å². The van der Waals surface area contributed by atoms with Crippen molar-refractivity contribution in [1.29, 1.82) is 0 Å². The number of halogens is 5. The molecule has 0 N–H and O–H groups in total. The minimum Gasteiger partial charge on any atom is -0.349 e. The SMILES string of the molecule is C[C@@H]1CN(c2nc(Cl)nc3sc(C(F)F)nc23)[C@@H](C)CN1C(c1ccc(F)cc1)c1ccc(F)cc1. The highest BCUT2D eigenvalue weighted by Crippen LogP contribution is 2.38. The molecule has 0 unspecified atom stereocenters. The summed E-state index contributed by atoms with van der Waals surface area (Å²) in [5.74, 6) is -0.245. The molecule has 0 bridgehead atoms. The molecule has 3 heterocycles. The Balaban J connectivity index is 1.51. The molecule has 2 aromatic heterocycles. The molecule has 2 aromatic carbocycles. The van der Waals surface area contributed by atoms with E-state index in [4.69, 9.17) is 11.6 Å². The van der Waals surface area contributed by atoms with Gasteiger partial charge in [-0.1, -0.05) is 35.6 Å². The first-order valence-electron chi connectivity index (χ1n) is 11.4. The van der Waals surface area contributed by atoms with E-state index in [1.165, 1.54) is 24.3 Å². The number of fused-ring (bicyclic) bond motifs is 1.